The molecule has 2 aromatic heterocycles. The van der Waals surface area contributed by atoms with Crippen molar-refractivity contribution in [2.45, 2.75) is 76.3 Å². The Bertz CT molecular complexity index is 1460. The van der Waals surface area contributed by atoms with Crippen molar-refractivity contribution in [2.24, 2.45) is 7.05 Å². The fraction of sp³-hybridized carbons (Fsp3) is 0.690. The first-order valence-electron chi connectivity index (χ1n) is 14.9. The number of alkyl halides is 1. The van der Waals surface area contributed by atoms with Crippen LogP contribution >= 0.6 is 0 Å². The molecule has 10 nitrogen and oxygen atoms in total. The summed E-state index contributed by atoms with van der Waals surface area (Å²) in [6, 6.07) is 2.33. The molecular weight excluding hydrogens is 526 g/mol. The summed E-state index contributed by atoms with van der Waals surface area (Å²) in [5.41, 5.74) is 1.12. The molecule has 12 heteroatoms. The van der Waals surface area contributed by atoms with Crippen LogP contribution in [0.4, 0.5) is 10.2 Å². The second kappa shape index (κ2) is 9.75. The van der Waals surface area contributed by atoms with E-state index < -0.39 is 24.5 Å². The summed E-state index contributed by atoms with van der Waals surface area (Å²) in [6.07, 6.45) is 4.59. The van der Waals surface area contributed by atoms with Gasteiger partial charge in [0, 0.05) is 56.8 Å². The van der Waals surface area contributed by atoms with Crippen LogP contribution in [0.1, 0.15) is 53.4 Å². The van der Waals surface area contributed by atoms with E-state index in [2.05, 4.69) is 9.80 Å². The average Bonchev–Trinajstić information content (AvgIpc) is 3.54. The first kappa shape index (κ1) is 27.3. The summed E-state index contributed by atoms with van der Waals surface area (Å²) >= 11 is 0. The monoisotopic (exact) mass is 566 g/mol. The second-order valence-corrected chi connectivity index (χ2v) is 13.2. The number of benzene rings is 1. The summed E-state index contributed by atoms with van der Waals surface area (Å²) in [4.78, 5) is 14.5. The van der Waals surface area contributed by atoms with E-state index in [1.54, 1.807) is 0 Å². The molecule has 0 amide bonds. The molecule has 0 saturated carbocycles. The number of aryl methyl sites for hydroxylation is 1. The maximum Gasteiger partial charge on any atom is 0.497 e. The minimum absolute atomic E-state index is 0.282. The van der Waals surface area contributed by atoms with E-state index in [4.69, 9.17) is 33.8 Å². The molecule has 3 aromatic rings. The van der Waals surface area contributed by atoms with E-state index in [0.29, 0.717) is 38.7 Å². The number of rotatable bonds is 5. The van der Waals surface area contributed by atoms with Crippen molar-refractivity contribution in [3.63, 3.8) is 0 Å². The van der Waals surface area contributed by atoms with Crippen molar-refractivity contribution < 1.29 is 23.2 Å². The van der Waals surface area contributed by atoms with Crippen LogP contribution in [0, 0.1) is 0 Å². The molecule has 41 heavy (non-hydrogen) atoms. The van der Waals surface area contributed by atoms with Gasteiger partial charge in [0.2, 0.25) is 0 Å². The quantitative estimate of drug-likeness (QED) is 0.433. The third-order valence-electron chi connectivity index (χ3n) is 9.82. The topological polar surface area (TPSA) is 87.0 Å². The van der Waals surface area contributed by atoms with Crippen LogP contribution in [0.3, 0.4) is 0 Å². The molecule has 2 atom stereocenters. The predicted molar refractivity (Wildman–Crippen MR) is 156 cm³/mol. The first-order valence-corrected chi connectivity index (χ1v) is 14.9. The molecule has 6 heterocycles. The van der Waals surface area contributed by atoms with Gasteiger partial charge in [-0.15, -0.1) is 0 Å². The molecule has 220 valence electrons. The highest BCUT2D eigenvalue weighted by molar-refractivity contribution is 6.65. The zero-order chi connectivity index (χ0) is 28.6. The maximum absolute atomic E-state index is 14.4. The lowest BCUT2D eigenvalue weighted by molar-refractivity contribution is 0.00578. The van der Waals surface area contributed by atoms with Crippen LogP contribution in [0.25, 0.3) is 21.8 Å². The van der Waals surface area contributed by atoms with Gasteiger partial charge < -0.3 is 23.7 Å². The molecule has 4 aliphatic heterocycles. The van der Waals surface area contributed by atoms with E-state index >= 15 is 0 Å². The van der Waals surface area contributed by atoms with Crippen LogP contribution in [0.2, 0.25) is 0 Å². The lowest BCUT2D eigenvalue weighted by Crippen LogP contribution is -2.43. The Hall–Kier alpha value is -2.54. The molecule has 0 bridgehead atoms. The van der Waals surface area contributed by atoms with Gasteiger partial charge in [0.1, 0.15) is 18.6 Å². The number of ether oxygens (including phenoxy) is 2. The zero-order valence-corrected chi connectivity index (χ0v) is 24.8. The molecular formula is C29H40BFN6O4. The number of aromatic nitrogens is 4. The number of hydrogen-bond donors (Lipinski definition) is 0. The Kier molecular flexibility index (Phi) is 6.50. The van der Waals surface area contributed by atoms with Gasteiger partial charge in [-0.05, 0) is 59.6 Å². The third-order valence-corrected chi connectivity index (χ3v) is 9.82. The number of halogens is 1. The van der Waals surface area contributed by atoms with Gasteiger partial charge in [-0.25, -0.2) is 4.39 Å². The normalized spacial score (nSPS) is 28.1. The van der Waals surface area contributed by atoms with Crippen molar-refractivity contribution in [1.29, 1.82) is 0 Å². The van der Waals surface area contributed by atoms with Crippen molar-refractivity contribution >= 4 is 40.2 Å². The van der Waals surface area contributed by atoms with Crippen LogP contribution < -0.4 is 15.1 Å². The highest BCUT2D eigenvalue weighted by Crippen LogP contribution is 2.41. The fourth-order valence-corrected chi connectivity index (χ4v) is 6.96. The summed E-state index contributed by atoms with van der Waals surface area (Å²) in [6.45, 7) is 12.8. The second-order valence-electron chi connectivity index (χ2n) is 13.2. The highest BCUT2D eigenvalue weighted by atomic mass is 19.1. The number of hydrogen-bond acceptors (Lipinski definition) is 9. The molecule has 0 N–H and O–H groups in total. The van der Waals surface area contributed by atoms with Crippen LogP contribution in [-0.2, 0) is 21.1 Å². The fourth-order valence-electron chi connectivity index (χ4n) is 6.96. The maximum atomic E-state index is 14.4. The van der Waals surface area contributed by atoms with Gasteiger partial charge in [-0.3, -0.25) is 9.58 Å². The van der Waals surface area contributed by atoms with Gasteiger partial charge >= 0.3 is 13.1 Å². The van der Waals surface area contributed by atoms with Crippen molar-refractivity contribution in [3.8, 4) is 6.01 Å². The van der Waals surface area contributed by atoms with Crippen LogP contribution in [-0.4, -0.2) is 101 Å². The largest absolute Gasteiger partial charge is 0.497 e. The first-order chi connectivity index (χ1) is 19.6. The Morgan fingerprint density at radius 2 is 1.88 bits per heavy atom. The van der Waals surface area contributed by atoms with Crippen LogP contribution in [0.5, 0.6) is 6.01 Å². The van der Waals surface area contributed by atoms with Crippen molar-refractivity contribution in [2.75, 3.05) is 50.9 Å². The number of nitrogens with zero attached hydrogens (tertiary/aromatic N) is 6. The van der Waals surface area contributed by atoms with Gasteiger partial charge in [-0.2, -0.15) is 15.1 Å². The SMILES string of the molecule is Cn1cc2c(n1)c(B1OC(C)(C)C(C)(C)O1)cc1nc(OC[C@@]34CCCN3C[C@H](F)C4)nc(N3CCCOCC3)c12. The number of anilines is 1. The van der Waals surface area contributed by atoms with E-state index in [9.17, 15) is 4.39 Å². The Morgan fingerprint density at radius 3 is 2.68 bits per heavy atom. The predicted octanol–water partition coefficient (Wildman–Crippen LogP) is 3.00. The van der Waals surface area contributed by atoms with E-state index in [0.717, 1.165) is 72.0 Å². The summed E-state index contributed by atoms with van der Waals surface area (Å²) in [7, 11) is 1.33. The molecule has 0 unspecified atom stereocenters. The summed E-state index contributed by atoms with van der Waals surface area (Å²) < 4.78 is 41.4. The van der Waals surface area contributed by atoms with E-state index in [1.165, 1.54) is 0 Å². The van der Waals surface area contributed by atoms with Crippen LogP contribution in [0.15, 0.2) is 12.3 Å². The average molecular weight is 566 g/mol. The summed E-state index contributed by atoms with van der Waals surface area (Å²) in [5, 5.41) is 6.71. The van der Waals surface area contributed by atoms with Crippen molar-refractivity contribution in [3.05, 3.63) is 12.3 Å². The highest BCUT2D eigenvalue weighted by Gasteiger charge is 2.53. The molecule has 0 spiro atoms. The Balaban J connectivity index is 1.35. The van der Waals surface area contributed by atoms with Gasteiger partial charge in [0.15, 0.2) is 0 Å². The minimum atomic E-state index is -0.814. The third kappa shape index (κ3) is 4.58. The van der Waals surface area contributed by atoms with Gasteiger partial charge in [-0.1, -0.05) is 0 Å². The van der Waals surface area contributed by atoms with E-state index in [-0.39, 0.29) is 5.54 Å². The Labute approximate surface area is 240 Å². The minimum Gasteiger partial charge on any atom is -0.461 e. The standard InChI is InChI=1S/C29H40BFN6O4/c1-27(2)28(3,4)41-30(40-27)21-14-22-23(20-17-35(5)34-24(20)21)25(36-9-7-12-38-13-11-36)33-26(32-22)39-18-29-8-6-10-37(29)16-19(31)15-29/h14,17,19H,6-13,15-16,18H2,1-5H3/t19-,29+/m1/s1. The van der Waals surface area contributed by atoms with Crippen molar-refractivity contribution in [1.82, 2.24) is 24.6 Å². The molecule has 1 aromatic carbocycles. The molecule has 4 aliphatic rings. The zero-order valence-electron chi connectivity index (χ0n) is 24.8. The molecule has 0 aliphatic carbocycles. The molecule has 4 saturated heterocycles. The summed E-state index contributed by atoms with van der Waals surface area (Å²) in [5.74, 6) is 0.810. The smallest absolute Gasteiger partial charge is 0.461 e. The molecule has 0 radical (unpaired) electrons. The van der Waals surface area contributed by atoms with Gasteiger partial charge in [0.05, 0.1) is 39.8 Å². The lowest BCUT2D eigenvalue weighted by Gasteiger charge is -2.32. The lowest BCUT2D eigenvalue weighted by atomic mass is 9.77. The Morgan fingerprint density at radius 1 is 1.07 bits per heavy atom. The molecule has 7 rings (SSSR count). The molecule has 4 fully saturated rings. The van der Waals surface area contributed by atoms with Gasteiger partial charge in [0.25, 0.3) is 0 Å². The number of fused-ring (bicyclic) bond motifs is 4. The van der Waals surface area contributed by atoms with E-state index in [1.807, 2.05) is 51.7 Å².